The molecule has 7 aliphatic rings. The summed E-state index contributed by atoms with van der Waals surface area (Å²) >= 11 is 0. The Kier molecular flexibility index (Phi) is 32.1. The minimum atomic E-state index is 0.741. The van der Waals surface area contributed by atoms with Gasteiger partial charge in [-0.25, -0.2) is 0 Å². The third kappa shape index (κ3) is 24.6. The van der Waals surface area contributed by atoms with Gasteiger partial charge in [-0.05, 0) is 173 Å². The zero-order chi connectivity index (χ0) is 47.4. The predicted octanol–water partition coefficient (Wildman–Crippen LogP) is 6.81. The van der Waals surface area contributed by atoms with Crippen LogP contribution in [0.1, 0.15) is 113 Å². The zero-order valence-corrected chi connectivity index (χ0v) is 46.5. The molecular weight excluding hydrogens is 822 g/mol. The first-order valence-corrected chi connectivity index (χ1v) is 29.5. The van der Waals surface area contributed by atoms with E-state index in [0.29, 0.717) is 0 Å². The molecule has 7 fully saturated rings. The van der Waals surface area contributed by atoms with Gasteiger partial charge in [-0.15, -0.1) is 0 Å². The Morgan fingerprint density at radius 1 is 0.477 bits per heavy atom. The van der Waals surface area contributed by atoms with Crippen LogP contribution >= 0.6 is 8.73 Å². The largest absolute Gasteiger partial charge is 0.318 e. The van der Waals surface area contributed by atoms with Gasteiger partial charge in [0.25, 0.3) is 0 Å². The molecular formula is C53H114N11P. The highest BCUT2D eigenvalue weighted by atomic mass is 31.1. The summed E-state index contributed by atoms with van der Waals surface area (Å²) in [6.45, 7) is 50.2. The van der Waals surface area contributed by atoms with Gasteiger partial charge in [0.15, 0.2) is 0 Å². The highest BCUT2D eigenvalue weighted by Crippen LogP contribution is 2.28. The van der Waals surface area contributed by atoms with E-state index in [9.17, 15) is 0 Å². The van der Waals surface area contributed by atoms with E-state index in [1.807, 2.05) is 27.7 Å². The Morgan fingerprint density at radius 2 is 0.846 bits per heavy atom. The van der Waals surface area contributed by atoms with Crippen LogP contribution in [0.3, 0.4) is 0 Å². The van der Waals surface area contributed by atoms with Crippen molar-refractivity contribution in [1.82, 2.24) is 48.8 Å². The molecule has 7 rings (SSSR count). The van der Waals surface area contributed by atoms with Crippen LogP contribution in [0.15, 0.2) is 0 Å². The second-order valence-electron chi connectivity index (χ2n) is 21.7. The summed E-state index contributed by atoms with van der Waals surface area (Å²) in [6.07, 6.45) is 14.2. The van der Waals surface area contributed by atoms with Crippen molar-refractivity contribution in [2.75, 3.05) is 198 Å². The molecule has 11 nitrogen and oxygen atoms in total. The summed E-state index contributed by atoms with van der Waals surface area (Å²) in [7, 11) is 7.67. The van der Waals surface area contributed by atoms with Crippen LogP contribution in [0, 0.1) is 35.5 Å². The number of nitrogens with two attached hydrogens (primary N) is 1. The molecule has 7 aliphatic heterocycles. The van der Waals surface area contributed by atoms with Crippen molar-refractivity contribution < 1.29 is 0 Å². The summed E-state index contributed by atoms with van der Waals surface area (Å²) in [5, 5.41) is 0. The number of piperidine rings is 5. The van der Waals surface area contributed by atoms with Crippen LogP contribution in [0.25, 0.3) is 0 Å². The molecule has 0 aromatic carbocycles. The van der Waals surface area contributed by atoms with E-state index < -0.39 is 0 Å². The minimum absolute atomic E-state index is 0.741. The third-order valence-corrected chi connectivity index (χ3v) is 16.7. The third-order valence-electron chi connectivity index (χ3n) is 15.7. The van der Waals surface area contributed by atoms with Gasteiger partial charge >= 0.3 is 0 Å². The number of nitrogens with zero attached hydrogens (tertiary/aromatic N) is 10. The fourth-order valence-electron chi connectivity index (χ4n) is 11.7. The molecule has 0 saturated carbocycles. The van der Waals surface area contributed by atoms with E-state index in [0.717, 1.165) is 57.5 Å². The van der Waals surface area contributed by atoms with Gasteiger partial charge in [0, 0.05) is 124 Å². The van der Waals surface area contributed by atoms with Gasteiger partial charge in [0.05, 0.1) is 0 Å². The van der Waals surface area contributed by atoms with Crippen molar-refractivity contribution in [2.45, 2.75) is 113 Å². The van der Waals surface area contributed by atoms with E-state index in [2.05, 4.69) is 97.3 Å². The van der Waals surface area contributed by atoms with Crippen LogP contribution < -0.4 is 5.73 Å². The van der Waals surface area contributed by atoms with Crippen LogP contribution in [-0.2, 0) is 0 Å². The lowest BCUT2D eigenvalue weighted by Crippen LogP contribution is -2.49. The summed E-state index contributed by atoms with van der Waals surface area (Å²) in [5.74, 6) is 5.37. The monoisotopic (exact) mass is 936 g/mol. The van der Waals surface area contributed by atoms with E-state index in [1.54, 1.807) is 0 Å². The maximum absolute atomic E-state index is 5.87. The van der Waals surface area contributed by atoms with Gasteiger partial charge < -0.3 is 44.9 Å². The molecule has 0 aliphatic carbocycles. The molecule has 0 amide bonds. The van der Waals surface area contributed by atoms with Gasteiger partial charge in [-0.3, -0.25) is 9.57 Å². The molecule has 0 aromatic heterocycles. The Labute approximate surface area is 408 Å². The molecule has 386 valence electrons. The Morgan fingerprint density at radius 3 is 1.25 bits per heavy atom. The molecule has 2 N–H and O–H groups in total. The van der Waals surface area contributed by atoms with Crippen molar-refractivity contribution in [3.63, 3.8) is 0 Å². The maximum Gasteiger partial charge on any atom is 0.0455 e. The van der Waals surface area contributed by atoms with E-state index >= 15 is 0 Å². The Hall–Kier alpha value is -0.0100. The van der Waals surface area contributed by atoms with Crippen molar-refractivity contribution in [1.29, 1.82) is 0 Å². The summed E-state index contributed by atoms with van der Waals surface area (Å²) in [6, 6.07) is 0. The van der Waals surface area contributed by atoms with Crippen LogP contribution in [0.5, 0.6) is 0 Å². The van der Waals surface area contributed by atoms with Crippen molar-refractivity contribution in [2.24, 2.45) is 41.2 Å². The lowest BCUT2D eigenvalue weighted by atomic mass is 9.91. The van der Waals surface area contributed by atoms with E-state index in [4.69, 9.17) is 5.73 Å². The van der Waals surface area contributed by atoms with Crippen LogP contribution in [-0.4, -0.2) is 247 Å². The zero-order valence-electron chi connectivity index (χ0n) is 45.5. The van der Waals surface area contributed by atoms with Gasteiger partial charge in [0.2, 0.25) is 0 Å². The molecule has 7 saturated heterocycles. The fraction of sp³-hybridized carbons (Fsp3) is 1.00. The number of likely N-dealkylation sites (N-methyl/N-ethyl adjacent to an activating group) is 2. The Balaban J connectivity index is 0.000000284. The van der Waals surface area contributed by atoms with Gasteiger partial charge in [-0.1, -0.05) is 57.2 Å². The quantitative estimate of drug-likeness (QED) is 0.177. The first kappa shape index (κ1) is 59.3. The first-order chi connectivity index (χ1) is 31.6. The highest BCUT2D eigenvalue weighted by molar-refractivity contribution is 7.34. The predicted molar refractivity (Wildman–Crippen MR) is 288 cm³/mol. The molecule has 7 heterocycles. The van der Waals surface area contributed by atoms with E-state index in [1.165, 1.54) is 221 Å². The second kappa shape index (κ2) is 35.1. The second-order valence-corrected chi connectivity index (χ2v) is 22.7. The lowest BCUT2D eigenvalue weighted by Gasteiger charge is -2.41. The molecule has 0 bridgehead atoms. The van der Waals surface area contributed by atoms with Crippen LogP contribution in [0.2, 0.25) is 0 Å². The number of hydrogen-bond donors (Lipinski definition) is 1. The molecule has 4 unspecified atom stereocenters. The minimum Gasteiger partial charge on any atom is -0.318 e. The van der Waals surface area contributed by atoms with Gasteiger partial charge in [-0.2, -0.15) is 0 Å². The normalized spacial score (nSPS) is 27.7. The smallest absolute Gasteiger partial charge is 0.0455 e. The lowest BCUT2D eigenvalue weighted by molar-refractivity contribution is 0.0799. The molecule has 0 aromatic rings. The number of likely N-dealkylation sites (tertiary alicyclic amines) is 4. The fourth-order valence-corrected chi connectivity index (χ4v) is 12.5. The standard InChI is InChI=1S/C24H48N6.C18H37N4P.C7H17N.2C2H6/c1-26-13-15-29(16-14-26)18-23-4-9-27(10-5-23)17-22-6-11-28(12-7-22)19-24-3-2-8-30(20-24)21-25;1-19-9-11-20(12-10-19)13-17-5-3-7-21(14-17)15-18-6-4-8-22(16-18)23-2;1-5-8(4)6-7(2)3;2*1-2/h22-24H,2-21,25H2,1H3;17-18,23H,3-16H2,1-2H3;7H,5-6H2,1-4H3;2*1-2H3. The highest BCUT2D eigenvalue weighted by Gasteiger charge is 2.30. The average molecular weight is 937 g/mol. The molecule has 12 heteroatoms. The van der Waals surface area contributed by atoms with Crippen molar-refractivity contribution in [3.8, 4) is 0 Å². The molecule has 65 heavy (non-hydrogen) atoms. The topological polar surface area (TPSA) is 58.4 Å². The summed E-state index contributed by atoms with van der Waals surface area (Å²) in [5.41, 5.74) is 5.87. The first-order valence-electron chi connectivity index (χ1n) is 28.1. The number of hydrogen-bond acceptors (Lipinski definition) is 11. The SMILES string of the molecule is CC.CC.CCN(C)CC(C)C.CN1CCN(CC2CCN(CC3CCN(CC4CCCN(CN)C4)CC3)CC2)CC1.CPN1CCCC(CN2CCCC(CN3CCN(C)CC3)C2)C1. The summed E-state index contributed by atoms with van der Waals surface area (Å²) in [4.78, 5) is 23.5. The molecule has 0 spiro atoms. The average Bonchev–Trinajstić information content (AvgIpc) is 3.33. The number of rotatable bonds is 15. The number of piperazine rings is 2. The maximum atomic E-state index is 5.87. The van der Waals surface area contributed by atoms with Crippen molar-refractivity contribution in [3.05, 3.63) is 0 Å². The Bertz CT molecular complexity index is 1110. The molecule has 0 radical (unpaired) electrons. The van der Waals surface area contributed by atoms with Gasteiger partial charge in [0.1, 0.15) is 0 Å². The van der Waals surface area contributed by atoms with Crippen molar-refractivity contribution >= 4 is 8.73 Å². The van der Waals surface area contributed by atoms with Crippen LogP contribution in [0.4, 0.5) is 0 Å². The molecule has 4 atom stereocenters. The summed E-state index contributed by atoms with van der Waals surface area (Å²) < 4.78 is 2.68. The van der Waals surface area contributed by atoms with E-state index in [-0.39, 0.29) is 0 Å².